The van der Waals surface area contributed by atoms with Crippen LogP contribution in [0.3, 0.4) is 0 Å². The third-order valence-electron chi connectivity index (χ3n) is 2.29. The minimum absolute atomic E-state index is 0.0422. The summed E-state index contributed by atoms with van der Waals surface area (Å²) in [5.74, 6) is -0.704. The number of likely N-dealkylation sites (N-methyl/N-ethyl adjacent to an activating group) is 1. The zero-order valence-electron chi connectivity index (χ0n) is 10.7. The van der Waals surface area contributed by atoms with Crippen LogP contribution >= 0.6 is 0 Å². The van der Waals surface area contributed by atoms with Gasteiger partial charge >= 0.3 is 5.97 Å². The Labute approximate surface area is 105 Å². The second-order valence-electron chi connectivity index (χ2n) is 3.86. The number of ether oxygens (including phenoxy) is 1. The fraction of sp³-hybridized carbons (Fsp3) is 0.455. The highest BCUT2D eigenvalue weighted by Crippen LogP contribution is 2.06. The van der Waals surface area contributed by atoms with Gasteiger partial charge in [-0.25, -0.2) is 9.48 Å². The van der Waals surface area contributed by atoms with Gasteiger partial charge in [0.25, 0.3) is 0 Å². The Kier molecular flexibility index (Phi) is 4.59. The molecule has 0 radical (unpaired) electrons. The van der Waals surface area contributed by atoms with Gasteiger partial charge in [0.1, 0.15) is 13.2 Å². The third-order valence-corrected chi connectivity index (χ3v) is 2.29. The average Bonchev–Trinajstić information content (AvgIpc) is 2.68. The first kappa shape index (κ1) is 13.9. The first-order chi connectivity index (χ1) is 8.47. The molecule has 0 unspecified atom stereocenters. The number of aromatic nitrogens is 3. The molecule has 0 aliphatic heterocycles. The molecule has 0 aliphatic carbocycles. The van der Waals surface area contributed by atoms with Crippen LogP contribution < -0.4 is 0 Å². The molecule has 1 heterocycles. The van der Waals surface area contributed by atoms with Gasteiger partial charge in [-0.2, -0.15) is 0 Å². The molecule has 0 atom stereocenters. The highest BCUT2D eigenvalue weighted by atomic mass is 16.5. The zero-order valence-corrected chi connectivity index (χ0v) is 10.7. The second-order valence-corrected chi connectivity index (χ2v) is 3.86. The summed E-state index contributed by atoms with van der Waals surface area (Å²) in [6.07, 6.45) is 1.47. The summed E-state index contributed by atoms with van der Waals surface area (Å²) in [6, 6.07) is 0. The Morgan fingerprint density at radius 3 is 2.72 bits per heavy atom. The molecular formula is C11H16N4O3. The molecule has 98 valence electrons. The van der Waals surface area contributed by atoms with Crippen LogP contribution in [-0.4, -0.2) is 52.5 Å². The zero-order chi connectivity index (χ0) is 13.7. The monoisotopic (exact) mass is 252 g/mol. The average molecular weight is 252 g/mol. The number of amides is 1. The Morgan fingerprint density at radius 1 is 1.50 bits per heavy atom. The molecular weight excluding hydrogens is 236 g/mol. The normalized spacial score (nSPS) is 9.94. The molecule has 1 rings (SSSR count). The van der Waals surface area contributed by atoms with Crippen LogP contribution in [0.5, 0.6) is 0 Å². The maximum absolute atomic E-state index is 11.6. The molecule has 0 N–H and O–H groups in total. The lowest BCUT2D eigenvalue weighted by molar-refractivity contribution is -0.129. The standard InChI is InChI=1S/C11H16N4O3/c1-5-6-18-11(17)10-8(2)15(13-12-10)7-9(16)14(3)4/h5H,1,6-7H2,2-4H3. The molecule has 0 saturated carbocycles. The van der Waals surface area contributed by atoms with Crippen molar-refractivity contribution >= 4 is 11.9 Å². The SMILES string of the molecule is C=CCOC(=O)c1nnn(CC(=O)N(C)C)c1C. The van der Waals surface area contributed by atoms with Gasteiger partial charge in [0.15, 0.2) is 5.69 Å². The van der Waals surface area contributed by atoms with E-state index < -0.39 is 5.97 Å². The number of hydrogen-bond donors (Lipinski definition) is 0. The molecule has 18 heavy (non-hydrogen) atoms. The van der Waals surface area contributed by atoms with Gasteiger partial charge in [-0.15, -0.1) is 5.10 Å². The quantitative estimate of drug-likeness (QED) is 0.545. The van der Waals surface area contributed by atoms with Crippen molar-refractivity contribution in [2.24, 2.45) is 0 Å². The highest BCUT2D eigenvalue weighted by molar-refractivity contribution is 5.88. The van der Waals surface area contributed by atoms with Crippen molar-refractivity contribution in [2.75, 3.05) is 20.7 Å². The summed E-state index contributed by atoms with van der Waals surface area (Å²) < 4.78 is 6.22. The van der Waals surface area contributed by atoms with Gasteiger partial charge in [0.2, 0.25) is 5.91 Å². The van der Waals surface area contributed by atoms with E-state index in [2.05, 4.69) is 16.9 Å². The van der Waals surface area contributed by atoms with Gasteiger partial charge < -0.3 is 9.64 Å². The van der Waals surface area contributed by atoms with Crippen molar-refractivity contribution < 1.29 is 14.3 Å². The lowest BCUT2D eigenvalue weighted by atomic mass is 10.3. The topological polar surface area (TPSA) is 77.3 Å². The van der Waals surface area contributed by atoms with Crippen LogP contribution in [0, 0.1) is 6.92 Å². The highest BCUT2D eigenvalue weighted by Gasteiger charge is 2.19. The van der Waals surface area contributed by atoms with Crippen molar-refractivity contribution in [1.29, 1.82) is 0 Å². The van der Waals surface area contributed by atoms with E-state index in [1.165, 1.54) is 15.7 Å². The summed E-state index contributed by atoms with van der Waals surface area (Å²) in [5.41, 5.74) is 0.614. The lowest BCUT2D eigenvalue weighted by Gasteiger charge is -2.10. The molecule has 1 amide bonds. The Hall–Kier alpha value is -2.18. The van der Waals surface area contributed by atoms with Crippen LogP contribution in [0.25, 0.3) is 0 Å². The van der Waals surface area contributed by atoms with Gasteiger partial charge in [0.05, 0.1) is 5.69 Å². The maximum atomic E-state index is 11.6. The summed E-state index contributed by atoms with van der Waals surface area (Å²) in [5, 5.41) is 7.47. The van der Waals surface area contributed by atoms with Crippen molar-refractivity contribution in [3.63, 3.8) is 0 Å². The number of rotatable bonds is 5. The largest absolute Gasteiger partial charge is 0.457 e. The van der Waals surface area contributed by atoms with Crippen molar-refractivity contribution in [3.05, 3.63) is 24.0 Å². The number of nitrogens with zero attached hydrogens (tertiary/aromatic N) is 4. The molecule has 0 aromatic carbocycles. The van der Waals surface area contributed by atoms with Gasteiger partial charge in [0, 0.05) is 14.1 Å². The Bertz CT molecular complexity index is 465. The molecule has 7 heteroatoms. The summed E-state index contributed by atoms with van der Waals surface area (Å²) in [4.78, 5) is 24.5. The fourth-order valence-corrected chi connectivity index (χ4v) is 1.17. The van der Waals surface area contributed by atoms with Crippen LogP contribution in [0.4, 0.5) is 0 Å². The molecule has 0 spiro atoms. The van der Waals surface area contributed by atoms with E-state index in [-0.39, 0.29) is 24.8 Å². The first-order valence-corrected chi connectivity index (χ1v) is 5.35. The van der Waals surface area contributed by atoms with E-state index >= 15 is 0 Å². The molecule has 0 saturated heterocycles. The van der Waals surface area contributed by atoms with Crippen molar-refractivity contribution in [3.8, 4) is 0 Å². The van der Waals surface area contributed by atoms with Crippen molar-refractivity contribution in [2.45, 2.75) is 13.5 Å². The van der Waals surface area contributed by atoms with E-state index in [1.54, 1.807) is 21.0 Å². The predicted octanol–water partition coefficient (Wildman–Crippen LogP) is 0.0175. The van der Waals surface area contributed by atoms with Gasteiger partial charge in [-0.05, 0) is 6.92 Å². The summed E-state index contributed by atoms with van der Waals surface area (Å²) in [6.45, 7) is 5.26. The minimum Gasteiger partial charge on any atom is -0.457 e. The number of carbonyl (C=O) groups excluding carboxylic acids is 2. The first-order valence-electron chi connectivity index (χ1n) is 5.35. The molecule has 0 aliphatic rings. The summed E-state index contributed by atoms with van der Waals surface area (Å²) in [7, 11) is 3.29. The van der Waals surface area contributed by atoms with E-state index in [0.717, 1.165) is 0 Å². The van der Waals surface area contributed by atoms with E-state index in [0.29, 0.717) is 5.69 Å². The minimum atomic E-state index is -0.573. The molecule has 0 fully saturated rings. The lowest BCUT2D eigenvalue weighted by Crippen LogP contribution is -2.27. The number of esters is 1. The van der Waals surface area contributed by atoms with Gasteiger partial charge in [-0.1, -0.05) is 17.9 Å². The molecule has 1 aromatic heterocycles. The summed E-state index contributed by atoms with van der Waals surface area (Å²) >= 11 is 0. The van der Waals surface area contributed by atoms with Crippen molar-refractivity contribution in [1.82, 2.24) is 19.9 Å². The molecule has 7 nitrogen and oxygen atoms in total. The fourth-order valence-electron chi connectivity index (χ4n) is 1.17. The third kappa shape index (κ3) is 3.16. The Morgan fingerprint density at radius 2 is 2.17 bits per heavy atom. The predicted molar refractivity (Wildman–Crippen MR) is 63.9 cm³/mol. The van der Waals surface area contributed by atoms with E-state index in [1.807, 2.05) is 0 Å². The second kappa shape index (κ2) is 5.95. The van der Waals surface area contributed by atoms with Crippen LogP contribution in [0.15, 0.2) is 12.7 Å². The number of hydrogen-bond acceptors (Lipinski definition) is 5. The van der Waals surface area contributed by atoms with Crippen LogP contribution in [0.1, 0.15) is 16.2 Å². The smallest absolute Gasteiger partial charge is 0.361 e. The van der Waals surface area contributed by atoms with Gasteiger partial charge in [-0.3, -0.25) is 4.79 Å². The maximum Gasteiger partial charge on any atom is 0.361 e. The van der Waals surface area contributed by atoms with E-state index in [4.69, 9.17) is 4.74 Å². The molecule has 0 bridgehead atoms. The van der Waals surface area contributed by atoms with E-state index in [9.17, 15) is 9.59 Å². The molecule has 1 aromatic rings. The van der Waals surface area contributed by atoms with Crippen LogP contribution in [-0.2, 0) is 16.1 Å². The van der Waals surface area contributed by atoms with Crippen LogP contribution in [0.2, 0.25) is 0 Å². The number of carbonyl (C=O) groups is 2. The Balaban J connectivity index is 2.80.